The van der Waals surface area contributed by atoms with Crippen LogP contribution in [-0.4, -0.2) is 19.9 Å². The summed E-state index contributed by atoms with van der Waals surface area (Å²) in [7, 11) is 4.02. The van der Waals surface area contributed by atoms with Crippen molar-refractivity contribution in [2.45, 2.75) is 19.3 Å². The van der Waals surface area contributed by atoms with Crippen LogP contribution >= 0.6 is 23.2 Å². The lowest BCUT2D eigenvalue weighted by atomic mass is 9.87. The van der Waals surface area contributed by atoms with Crippen molar-refractivity contribution in [2.75, 3.05) is 19.0 Å². The van der Waals surface area contributed by atoms with Crippen molar-refractivity contribution in [1.29, 1.82) is 0 Å². The third kappa shape index (κ3) is 4.20. The van der Waals surface area contributed by atoms with Crippen LogP contribution in [0.3, 0.4) is 0 Å². The molecular weight excluding hydrogens is 365 g/mol. The lowest BCUT2D eigenvalue weighted by Gasteiger charge is -2.17. The van der Waals surface area contributed by atoms with Gasteiger partial charge in [-0.3, -0.25) is 4.79 Å². The van der Waals surface area contributed by atoms with Crippen molar-refractivity contribution in [2.24, 2.45) is 0 Å². The van der Waals surface area contributed by atoms with Gasteiger partial charge in [0, 0.05) is 46.5 Å². The van der Waals surface area contributed by atoms with Crippen LogP contribution in [-0.2, 0) is 4.79 Å². The molecule has 0 aromatic heterocycles. The number of carbonyl (C=O) groups excluding carboxylic acids is 1. The smallest absolute Gasteiger partial charge is 0.185 e. The fourth-order valence-corrected chi connectivity index (χ4v) is 3.58. The zero-order valence-corrected chi connectivity index (χ0v) is 16.4. The van der Waals surface area contributed by atoms with Gasteiger partial charge < -0.3 is 4.90 Å². The molecule has 0 amide bonds. The lowest BCUT2D eigenvalue weighted by molar-refractivity contribution is -0.112. The quantitative estimate of drug-likeness (QED) is 0.579. The highest BCUT2D eigenvalue weighted by molar-refractivity contribution is 6.37. The number of carbonyl (C=O) groups is 1. The van der Waals surface area contributed by atoms with Gasteiger partial charge in [-0.25, -0.2) is 0 Å². The van der Waals surface area contributed by atoms with Gasteiger partial charge in [0.1, 0.15) is 0 Å². The van der Waals surface area contributed by atoms with Crippen molar-refractivity contribution in [3.05, 3.63) is 74.8 Å². The minimum absolute atomic E-state index is 0.0870. The highest BCUT2D eigenvalue weighted by atomic mass is 35.5. The predicted molar refractivity (Wildman–Crippen MR) is 112 cm³/mol. The molecule has 0 unspecified atom stereocenters. The third-order valence-electron chi connectivity index (χ3n) is 4.54. The molecule has 1 aliphatic carbocycles. The molecule has 26 heavy (non-hydrogen) atoms. The second-order valence-electron chi connectivity index (χ2n) is 6.64. The summed E-state index contributed by atoms with van der Waals surface area (Å²) in [6.07, 6.45) is 6.32. The fraction of sp³-hybridized carbons (Fsp3) is 0.227. The summed E-state index contributed by atoms with van der Waals surface area (Å²) in [6, 6.07) is 13.6. The average molecular weight is 386 g/mol. The van der Waals surface area contributed by atoms with Gasteiger partial charge in [-0.1, -0.05) is 41.4 Å². The summed E-state index contributed by atoms with van der Waals surface area (Å²) in [5, 5.41) is 1.13. The Morgan fingerprint density at radius 2 is 1.46 bits per heavy atom. The minimum Gasteiger partial charge on any atom is -0.378 e. The largest absolute Gasteiger partial charge is 0.378 e. The standard InChI is InChI=1S/C22H21Cl2NO/c1-25(2)18-11-9-15(10-12-18)13-16-5-3-6-17(22(16)26)14-19-20(23)7-4-8-21(19)24/h4,7-14H,3,5-6H2,1-2H3/b16-13-,17-14+. The number of ketones is 1. The summed E-state index contributed by atoms with van der Waals surface area (Å²) >= 11 is 12.5. The number of hydrogen-bond acceptors (Lipinski definition) is 2. The monoisotopic (exact) mass is 385 g/mol. The third-order valence-corrected chi connectivity index (χ3v) is 5.20. The molecule has 2 nitrogen and oxygen atoms in total. The molecule has 1 aliphatic rings. The molecule has 2 aromatic rings. The summed E-state index contributed by atoms with van der Waals surface area (Å²) in [5.74, 6) is 0.0870. The second-order valence-corrected chi connectivity index (χ2v) is 7.46. The van der Waals surface area contributed by atoms with E-state index in [1.54, 1.807) is 18.2 Å². The normalized spacial score (nSPS) is 17.8. The highest BCUT2D eigenvalue weighted by Crippen LogP contribution is 2.32. The Hall–Kier alpha value is -2.03. The number of anilines is 1. The van der Waals surface area contributed by atoms with E-state index in [0.717, 1.165) is 47.2 Å². The van der Waals surface area contributed by atoms with E-state index in [-0.39, 0.29) is 5.78 Å². The summed E-state index contributed by atoms with van der Waals surface area (Å²) in [6.45, 7) is 0. The Labute approximate surface area is 164 Å². The van der Waals surface area contributed by atoms with Crippen LogP contribution in [0.15, 0.2) is 53.6 Å². The SMILES string of the molecule is CN(C)c1ccc(/C=C2/CCC/C(=C\c3c(Cl)cccc3Cl)C2=O)cc1. The molecule has 134 valence electrons. The van der Waals surface area contributed by atoms with Crippen LogP contribution in [0, 0.1) is 0 Å². The number of nitrogens with zero attached hydrogens (tertiary/aromatic N) is 1. The molecule has 3 rings (SSSR count). The van der Waals surface area contributed by atoms with Crippen LogP contribution in [0.4, 0.5) is 5.69 Å². The number of allylic oxidation sites excluding steroid dienone is 2. The van der Waals surface area contributed by atoms with Crippen LogP contribution in [0.25, 0.3) is 12.2 Å². The van der Waals surface area contributed by atoms with Gasteiger partial charge in [-0.2, -0.15) is 0 Å². The Bertz CT molecular complexity index is 859. The molecular formula is C22H21Cl2NO. The molecule has 4 heteroatoms. The maximum absolute atomic E-state index is 12.9. The van der Waals surface area contributed by atoms with Crippen LogP contribution < -0.4 is 4.90 Å². The van der Waals surface area contributed by atoms with Gasteiger partial charge in [0.25, 0.3) is 0 Å². The molecule has 0 aliphatic heterocycles. The van der Waals surface area contributed by atoms with Crippen molar-refractivity contribution >= 4 is 46.8 Å². The fourth-order valence-electron chi connectivity index (χ4n) is 3.07. The van der Waals surface area contributed by atoms with Crippen LogP contribution in [0.2, 0.25) is 10.0 Å². The topological polar surface area (TPSA) is 20.3 Å². The van der Waals surface area contributed by atoms with E-state index in [9.17, 15) is 4.79 Å². The van der Waals surface area contributed by atoms with Crippen molar-refractivity contribution in [3.8, 4) is 0 Å². The first-order chi connectivity index (χ1) is 12.5. The summed E-state index contributed by atoms with van der Waals surface area (Å²) in [4.78, 5) is 15.0. The second kappa shape index (κ2) is 8.11. The molecule has 1 fully saturated rings. The van der Waals surface area contributed by atoms with Gasteiger partial charge in [-0.15, -0.1) is 0 Å². The molecule has 1 saturated carbocycles. The number of halogens is 2. The van der Waals surface area contributed by atoms with E-state index in [0.29, 0.717) is 10.0 Å². The first-order valence-electron chi connectivity index (χ1n) is 8.63. The maximum Gasteiger partial charge on any atom is 0.185 e. The Balaban J connectivity index is 1.89. The maximum atomic E-state index is 12.9. The minimum atomic E-state index is 0.0870. The summed E-state index contributed by atoms with van der Waals surface area (Å²) in [5.41, 5.74) is 4.49. The number of benzene rings is 2. The van der Waals surface area contributed by atoms with Gasteiger partial charge >= 0.3 is 0 Å². The van der Waals surface area contributed by atoms with Crippen molar-refractivity contribution in [3.63, 3.8) is 0 Å². The van der Waals surface area contributed by atoms with Crippen molar-refractivity contribution in [1.82, 2.24) is 0 Å². The lowest BCUT2D eigenvalue weighted by Crippen LogP contribution is -2.12. The molecule has 0 N–H and O–H groups in total. The van der Waals surface area contributed by atoms with Crippen LogP contribution in [0.1, 0.15) is 30.4 Å². The van der Waals surface area contributed by atoms with E-state index in [2.05, 4.69) is 17.0 Å². The molecule has 0 saturated heterocycles. The molecule has 2 aromatic carbocycles. The molecule has 0 bridgehead atoms. The number of Topliss-reactive ketones (excluding diaryl/α,β-unsaturated/α-hetero) is 1. The molecule has 0 radical (unpaired) electrons. The number of rotatable bonds is 3. The van der Waals surface area contributed by atoms with E-state index in [1.165, 1.54) is 0 Å². The van der Waals surface area contributed by atoms with E-state index < -0.39 is 0 Å². The highest BCUT2D eigenvalue weighted by Gasteiger charge is 2.21. The predicted octanol–water partition coefficient (Wildman–Crippen LogP) is 6.28. The first-order valence-corrected chi connectivity index (χ1v) is 9.38. The summed E-state index contributed by atoms with van der Waals surface area (Å²) < 4.78 is 0. The number of hydrogen-bond donors (Lipinski definition) is 0. The van der Waals surface area contributed by atoms with E-state index in [1.807, 2.05) is 38.4 Å². The van der Waals surface area contributed by atoms with Crippen LogP contribution in [0.5, 0.6) is 0 Å². The zero-order chi connectivity index (χ0) is 18.7. The Kier molecular flexibility index (Phi) is 5.85. The average Bonchev–Trinajstić information content (AvgIpc) is 2.62. The van der Waals surface area contributed by atoms with Gasteiger partial charge in [-0.05, 0) is 61.2 Å². The molecule has 0 heterocycles. The van der Waals surface area contributed by atoms with E-state index >= 15 is 0 Å². The van der Waals surface area contributed by atoms with Crippen molar-refractivity contribution < 1.29 is 4.79 Å². The van der Waals surface area contributed by atoms with Gasteiger partial charge in [0.2, 0.25) is 0 Å². The Morgan fingerprint density at radius 3 is 2.04 bits per heavy atom. The molecule has 0 atom stereocenters. The Morgan fingerprint density at radius 1 is 0.885 bits per heavy atom. The first kappa shape index (κ1) is 18.8. The zero-order valence-electron chi connectivity index (χ0n) is 14.9. The molecule has 0 spiro atoms. The van der Waals surface area contributed by atoms with Gasteiger partial charge in [0.05, 0.1) is 0 Å². The van der Waals surface area contributed by atoms with E-state index in [4.69, 9.17) is 23.2 Å². The van der Waals surface area contributed by atoms with Gasteiger partial charge in [0.15, 0.2) is 5.78 Å².